The fourth-order valence-electron chi connectivity index (χ4n) is 1.16. The van der Waals surface area contributed by atoms with Crippen molar-refractivity contribution in [2.75, 3.05) is 0 Å². The number of carbonyl (C=O) groups is 2. The summed E-state index contributed by atoms with van der Waals surface area (Å²) in [7, 11) is 0. The van der Waals surface area contributed by atoms with Gasteiger partial charge in [0.05, 0.1) is 3.79 Å². The summed E-state index contributed by atoms with van der Waals surface area (Å²) in [5.41, 5.74) is -0.0771. The first-order chi connectivity index (χ1) is 7.99. The average molecular weight is 318 g/mol. The smallest absolute Gasteiger partial charge is 0.374 e. The third kappa shape index (κ3) is 2.22. The van der Waals surface area contributed by atoms with Crippen LogP contribution in [-0.2, 0) is 0 Å². The van der Waals surface area contributed by atoms with Crippen LogP contribution in [-0.4, -0.2) is 27.1 Å². The lowest BCUT2D eigenvalue weighted by molar-refractivity contribution is 0.0624. The lowest BCUT2D eigenvalue weighted by Gasteiger charge is -1.87. The van der Waals surface area contributed by atoms with E-state index in [1.807, 2.05) is 0 Å². The number of hydrogen-bond acceptors (Lipinski definition) is 5. The molecule has 0 atom stereocenters. The maximum Gasteiger partial charge on any atom is 0.374 e. The van der Waals surface area contributed by atoms with Gasteiger partial charge in [-0.1, -0.05) is 0 Å². The molecule has 8 heteroatoms. The van der Waals surface area contributed by atoms with Crippen molar-refractivity contribution in [2.45, 2.75) is 0 Å². The zero-order valence-corrected chi connectivity index (χ0v) is 10.4. The van der Waals surface area contributed by atoms with Crippen molar-refractivity contribution >= 4 is 39.2 Å². The van der Waals surface area contributed by atoms with E-state index in [-0.39, 0.29) is 5.89 Å². The predicted molar refractivity (Wildman–Crippen MR) is 61.4 cm³/mol. The monoisotopic (exact) mass is 317 g/mol. The summed E-state index contributed by atoms with van der Waals surface area (Å²) in [6.07, 6.45) is 0. The standard InChI is InChI=1S/C9H4BrNO5S/c10-4-1-3(2-17-4)7-11-5(8(12)13)6(16-7)9(14)15/h1-2H,(H,12,13)(H,14,15). The van der Waals surface area contributed by atoms with E-state index in [1.165, 1.54) is 11.3 Å². The number of rotatable bonds is 3. The van der Waals surface area contributed by atoms with E-state index in [0.29, 0.717) is 5.56 Å². The van der Waals surface area contributed by atoms with Gasteiger partial charge in [-0.3, -0.25) is 0 Å². The first-order valence-electron chi connectivity index (χ1n) is 4.21. The predicted octanol–water partition coefficient (Wildman–Crippen LogP) is 2.56. The second kappa shape index (κ2) is 4.30. The molecule has 17 heavy (non-hydrogen) atoms. The van der Waals surface area contributed by atoms with Gasteiger partial charge < -0.3 is 14.6 Å². The van der Waals surface area contributed by atoms with Gasteiger partial charge in [0, 0.05) is 10.9 Å². The number of carboxylic acid groups (broad SMARTS) is 2. The van der Waals surface area contributed by atoms with Crippen LogP contribution in [0.15, 0.2) is 19.6 Å². The van der Waals surface area contributed by atoms with Gasteiger partial charge in [-0.05, 0) is 22.0 Å². The quantitative estimate of drug-likeness (QED) is 0.902. The van der Waals surface area contributed by atoms with Crippen LogP contribution in [0.1, 0.15) is 21.0 Å². The molecule has 2 aromatic heterocycles. The third-order valence-corrected chi connectivity index (χ3v) is 3.34. The molecule has 0 amide bonds. The normalized spacial score (nSPS) is 10.4. The van der Waals surface area contributed by atoms with E-state index >= 15 is 0 Å². The zero-order chi connectivity index (χ0) is 12.6. The second-order valence-electron chi connectivity index (χ2n) is 2.95. The Labute approximate surface area is 107 Å². The molecule has 0 aliphatic carbocycles. The van der Waals surface area contributed by atoms with Gasteiger partial charge in [0.2, 0.25) is 17.3 Å². The summed E-state index contributed by atoms with van der Waals surface area (Å²) < 4.78 is 5.74. The van der Waals surface area contributed by atoms with Gasteiger partial charge in [-0.2, -0.15) is 0 Å². The second-order valence-corrected chi connectivity index (χ2v) is 5.24. The van der Waals surface area contributed by atoms with E-state index in [1.54, 1.807) is 11.4 Å². The number of nitrogens with zero attached hydrogens (tertiary/aromatic N) is 1. The summed E-state index contributed by atoms with van der Waals surface area (Å²) >= 11 is 4.58. The van der Waals surface area contributed by atoms with Crippen LogP contribution in [0.4, 0.5) is 0 Å². The molecule has 2 N–H and O–H groups in total. The molecule has 0 saturated heterocycles. The van der Waals surface area contributed by atoms with Gasteiger partial charge in [-0.15, -0.1) is 11.3 Å². The molecule has 0 unspecified atom stereocenters. The molecule has 0 fully saturated rings. The van der Waals surface area contributed by atoms with Crippen LogP contribution in [0, 0.1) is 0 Å². The van der Waals surface area contributed by atoms with E-state index in [4.69, 9.17) is 14.6 Å². The fourth-order valence-corrected chi connectivity index (χ4v) is 2.29. The number of thiophene rings is 1. The first kappa shape index (κ1) is 11.8. The van der Waals surface area contributed by atoms with Crippen LogP contribution >= 0.6 is 27.3 Å². The number of hydrogen-bond donors (Lipinski definition) is 2. The van der Waals surface area contributed by atoms with Gasteiger partial charge in [-0.25, -0.2) is 14.6 Å². The Hall–Kier alpha value is -1.67. The van der Waals surface area contributed by atoms with Crippen molar-refractivity contribution in [3.63, 3.8) is 0 Å². The van der Waals surface area contributed by atoms with E-state index < -0.39 is 23.4 Å². The molecule has 0 aliphatic heterocycles. The highest BCUT2D eigenvalue weighted by Gasteiger charge is 2.25. The summed E-state index contributed by atoms with van der Waals surface area (Å²) in [6.45, 7) is 0. The summed E-state index contributed by atoms with van der Waals surface area (Å²) in [5.74, 6) is -3.60. The van der Waals surface area contributed by atoms with E-state index in [9.17, 15) is 9.59 Å². The van der Waals surface area contributed by atoms with Crippen molar-refractivity contribution in [2.24, 2.45) is 0 Å². The van der Waals surface area contributed by atoms with Crippen LogP contribution in [0.3, 0.4) is 0 Å². The van der Waals surface area contributed by atoms with Crippen LogP contribution in [0.5, 0.6) is 0 Å². The lowest BCUT2D eigenvalue weighted by atomic mass is 10.3. The Morgan fingerprint density at radius 3 is 2.47 bits per heavy atom. The Bertz CT molecular complexity index is 571. The number of halogens is 1. The number of aromatic nitrogens is 1. The fraction of sp³-hybridized carbons (Fsp3) is 0. The maximum atomic E-state index is 10.8. The Kier molecular flexibility index (Phi) is 2.99. The van der Waals surface area contributed by atoms with Crippen molar-refractivity contribution in [1.29, 1.82) is 0 Å². The van der Waals surface area contributed by atoms with Crippen molar-refractivity contribution < 1.29 is 24.2 Å². The van der Waals surface area contributed by atoms with Crippen molar-refractivity contribution in [3.05, 3.63) is 26.7 Å². The number of carboxylic acids is 2. The highest BCUT2D eigenvalue weighted by atomic mass is 79.9. The Morgan fingerprint density at radius 2 is 2.06 bits per heavy atom. The minimum atomic E-state index is -1.46. The largest absolute Gasteiger partial charge is 0.476 e. The molecule has 0 saturated carbocycles. The molecule has 0 bridgehead atoms. The Morgan fingerprint density at radius 1 is 1.35 bits per heavy atom. The van der Waals surface area contributed by atoms with Gasteiger partial charge in [0.1, 0.15) is 0 Å². The van der Waals surface area contributed by atoms with Crippen molar-refractivity contribution in [3.8, 4) is 11.5 Å². The average Bonchev–Trinajstić information content (AvgIpc) is 2.82. The number of aromatic carboxylic acids is 2. The molecule has 2 heterocycles. The SMILES string of the molecule is O=C(O)c1nc(-c2csc(Br)c2)oc1C(=O)O. The van der Waals surface area contributed by atoms with Crippen LogP contribution < -0.4 is 0 Å². The lowest BCUT2D eigenvalue weighted by Crippen LogP contribution is -2.05. The minimum absolute atomic E-state index is 0.0262. The highest BCUT2D eigenvalue weighted by Crippen LogP contribution is 2.29. The maximum absolute atomic E-state index is 10.8. The molecule has 6 nitrogen and oxygen atoms in total. The van der Waals surface area contributed by atoms with E-state index in [0.717, 1.165) is 3.79 Å². The highest BCUT2D eigenvalue weighted by molar-refractivity contribution is 9.11. The molecule has 0 aromatic carbocycles. The zero-order valence-electron chi connectivity index (χ0n) is 8.01. The molecule has 0 spiro atoms. The Balaban J connectivity index is 2.54. The van der Waals surface area contributed by atoms with E-state index in [2.05, 4.69) is 20.9 Å². The van der Waals surface area contributed by atoms with Crippen LogP contribution in [0.2, 0.25) is 0 Å². The van der Waals surface area contributed by atoms with Gasteiger partial charge >= 0.3 is 11.9 Å². The minimum Gasteiger partial charge on any atom is -0.476 e. The first-order valence-corrected chi connectivity index (χ1v) is 5.88. The molecular formula is C9H4BrNO5S. The summed E-state index contributed by atoms with van der Waals surface area (Å²) in [6, 6.07) is 1.66. The molecule has 2 rings (SSSR count). The third-order valence-electron chi connectivity index (χ3n) is 1.84. The van der Waals surface area contributed by atoms with Crippen LogP contribution in [0.25, 0.3) is 11.5 Å². The van der Waals surface area contributed by atoms with Gasteiger partial charge in [0.25, 0.3) is 0 Å². The summed E-state index contributed by atoms with van der Waals surface area (Å²) in [4.78, 5) is 25.2. The molecular weight excluding hydrogens is 314 g/mol. The van der Waals surface area contributed by atoms with Gasteiger partial charge in [0.15, 0.2) is 0 Å². The topological polar surface area (TPSA) is 101 Å². The van der Waals surface area contributed by atoms with Crippen molar-refractivity contribution in [1.82, 2.24) is 4.98 Å². The molecule has 0 radical (unpaired) electrons. The molecule has 2 aromatic rings. The number of oxazole rings is 1. The molecule has 0 aliphatic rings. The molecule has 88 valence electrons. The summed E-state index contributed by atoms with van der Waals surface area (Å²) in [5, 5.41) is 19.2.